The van der Waals surface area contributed by atoms with E-state index in [1.54, 1.807) is 0 Å². The van der Waals surface area contributed by atoms with Crippen molar-refractivity contribution >= 4 is 0 Å². The van der Waals surface area contributed by atoms with E-state index < -0.39 is 0 Å². The van der Waals surface area contributed by atoms with Gasteiger partial charge in [0.25, 0.3) is 0 Å². The maximum Gasteiger partial charge on any atom is 0.226 e. The molecule has 0 amide bonds. The second kappa shape index (κ2) is 5.36. The molecule has 100 valence electrons. The van der Waals surface area contributed by atoms with E-state index in [2.05, 4.69) is 27.4 Å². The first-order valence-electron chi connectivity index (χ1n) is 7.03. The number of likely N-dealkylation sites (tertiary alicyclic amines) is 1. The number of rotatable bonds is 3. The highest BCUT2D eigenvalue weighted by molar-refractivity contribution is 5.00. The molecule has 18 heavy (non-hydrogen) atoms. The minimum absolute atomic E-state index is 0.455. The number of hydrogen-bond donors (Lipinski definition) is 1. The third-order valence-corrected chi connectivity index (χ3v) is 4.09. The largest absolute Gasteiger partial charge is 0.339 e. The summed E-state index contributed by atoms with van der Waals surface area (Å²) < 4.78 is 5.41. The summed E-state index contributed by atoms with van der Waals surface area (Å²) in [7, 11) is 2.19. The van der Waals surface area contributed by atoms with Crippen LogP contribution in [0.1, 0.15) is 36.9 Å². The highest BCUT2D eigenvalue weighted by atomic mass is 16.5. The molecule has 1 aromatic rings. The van der Waals surface area contributed by atoms with Gasteiger partial charge in [-0.3, -0.25) is 0 Å². The fourth-order valence-electron chi connectivity index (χ4n) is 3.08. The SMILES string of the molecule is CN1CCCC(Cc2nc(C3CCNC3)no2)C1. The van der Waals surface area contributed by atoms with Crippen molar-refractivity contribution in [3.63, 3.8) is 0 Å². The number of nitrogens with zero attached hydrogens (tertiary/aromatic N) is 3. The van der Waals surface area contributed by atoms with Crippen LogP contribution in [0.3, 0.4) is 0 Å². The summed E-state index contributed by atoms with van der Waals surface area (Å²) in [6.07, 6.45) is 4.64. The Kier molecular flexibility index (Phi) is 3.61. The van der Waals surface area contributed by atoms with Gasteiger partial charge in [-0.05, 0) is 45.3 Å². The van der Waals surface area contributed by atoms with Crippen LogP contribution in [0.4, 0.5) is 0 Å². The topological polar surface area (TPSA) is 54.2 Å². The molecule has 2 atom stereocenters. The maximum atomic E-state index is 5.41. The van der Waals surface area contributed by atoms with Crippen LogP contribution < -0.4 is 5.32 Å². The first-order chi connectivity index (χ1) is 8.81. The number of piperidine rings is 1. The van der Waals surface area contributed by atoms with Gasteiger partial charge < -0.3 is 14.7 Å². The van der Waals surface area contributed by atoms with E-state index in [4.69, 9.17) is 4.52 Å². The lowest BCUT2D eigenvalue weighted by molar-refractivity contribution is 0.199. The van der Waals surface area contributed by atoms with Gasteiger partial charge in [0.1, 0.15) is 0 Å². The normalized spacial score (nSPS) is 29.8. The van der Waals surface area contributed by atoms with E-state index >= 15 is 0 Å². The van der Waals surface area contributed by atoms with Crippen molar-refractivity contribution in [1.82, 2.24) is 20.4 Å². The Hall–Kier alpha value is -0.940. The zero-order chi connectivity index (χ0) is 12.4. The summed E-state index contributed by atoms with van der Waals surface area (Å²) >= 11 is 0. The Balaban J connectivity index is 1.59. The zero-order valence-corrected chi connectivity index (χ0v) is 11.1. The van der Waals surface area contributed by atoms with Gasteiger partial charge in [-0.1, -0.05) is 5.16 Å². The lowest BCUT2D eigenvalue weighted by Gasteiger charge is -2.28. The average molecular weight is 250 g/mol. The van der Waals surface area contributed by atoms with Gasteiger partial charge in [-0.25, -0.2) is 0 Å². The van der Waals surface area contributed by atoms with E-state index in [-0.39, 0.29) is 0 Å². The molecular weight excluding hydrogens is 228 g/mol. The van der Waals surface area contributed by atoms with Crippen molar-refractivity contribution in [3.05, 3.63) is 11.7 Å². The first kappa shape index (κ1) is 12.1. The minimum Gasteiger partial charge on any atom is -0.339 e. The lowest BCUT2D eigenvalue weighted by atomic mass is 9.95. The third kappa shape index (κ3) is 2.72. The number of hydrogen-bond acceptors (Lipinski definition) is 5. The minimum atomic E-state index is 0.455. The van der Waals surface area contributed by atoms with Crippen LogP contribution in [0, 0.1) is 5.92 Å². The molecule has 5 heteroatoms. The molecule has 1 N–H and O–H groups in total. The Morgan fingerprint density at radius 1 is 1.44 bits per heavy atom. The lowest BCUT2D eigenvalue weighted by Crippen LogP contribution is -2.33. The molecule has 1 aromatic heterocycles. The molecule has 0 aromatic carbocycles. The van der Waals surface area contributed by atoms with Crippen LogP contribution >= 0.6 is 0 Å². The molecule has 2 aliphatic heterocycles. The molecule has 3 heterocycles. The summed E-state index contributed by atoms with van der Waals surface area (Å²) in [4.78, 5) is 6.97. The Bertz CT molecular complexity index is 386. The molecule has 5 nitrogen and oxygen atoms in total. The van der Waals surface area contributed by atoms with E-state index in [0.717, 1.165) is 44.2 Å². The molecule has 2 aliphatic rings. The van der Waals surface area contributed by atoms with E-state index in [1.807, 2.05) is 0 Å². The molecule has 0 bridgehead atoms. The molecule has 0 saturated carbocycles. The maximum absolute atomic E-state index is 5.41. The van der Waals surface area contributed by atoms with Gasteiger partial charge in [-0.15, -0.1) is 0 Å². The zero-order valence-electron chi connectivity index (χ0n) is 11.1. The van der Waals surface area contributed by atoms with Crippen molar-refractivity contribution in [3.8, 4) is 0 Å². The molecule has 2 saturated heterocycles. The number of aromatic nitrogens is 2. The summed E-state index contributed by atoms with van der Waals surface area (Å²) in [6.45, 7) is 4.44. The summed E-state index contributed by atoms with van der Waals surface area (Å²) in [5, 5.41) is 7.48. The second-order valence-corrected chi connectivity index (χ2v) is 5.71. The van der Waals surface area contributed by atoms with E-state index in [1.165, 1.54) is 19.4 Å². The Morgan fingerprint density at radius 3 is 3.17 bits per heavy atom. The standard InChI is InChI=1S/C13H22N4O/c1-17-6-2-3-10(9-17)7-12-15-13(16-18-12)11-4-5-14-8-11/h10-11,14H,2-9H2,1H3. The van der Waals surface area contributed by atoms with Crippen molar-refractivity contribution in [1.29, 1.82) is 0 Å². The fraction of sp³-hybridized carbons (Fsp3) is 0.846. The van der Waals surface area contributed by atoms with Crippen molar-refractivity contribution < 1.29 is 4.52 Å². The Labute approximate surface area is 108 Å². The van der Waals surface area contributed by atoms with Gasteiger partial charge >= 0.3 is 0 Å². The third-order valence-electron chi connectivity index (χ3n) is 4.09. The fourth-order valence-corrected chi connectivity index (χ4v) is 3.08. The molecular formula is C13H22N4O. The van der Waals surface area contributed by atoms with Crippen LogP contribution in [0.25, 0.3) is 0 Å². The summed E-state index contributed by atoms with van der Waals surface area (Å²) in [5.74, 6) is 2.87. The van der Waals surface area contributed by atoms with Crippen LogP contribution in [-0.2, 0) is 6.42 Å². The summed E-state index contributed by atoms with van der Waals surface area (Å²) in [6, 6.07) is 0. The van der Waals surface area contributed by atoms with Crippen molar-refractivity contribution in [2.24, 2.45) is 5.92 Å². The molecule has 0 radical (unpaired) electrons. The van der Waals surface area contributed by atoms with Crippen LogP contribution in [-0.4, -0.2) is 48.3 Å². The molecule has 2 unspecified atom stereocenters. The monoisotopic (exact) mass is 250 g/mol. The first-order valence-corrected chi connectivity index (χ1v) is 7.03. The predicted molar refractivity (Wildman–Crippen MR) is 68.5 cm³/mol. The van der Waals surface area contributed by atoms with Gasteiger partial charge in [0.15, 0.2) is 5.82 Å². The predicted octanol–water partition coefficient (Wildman–Crippen LogP) is 1.03. The van der Waals surface area contributed by atoms with Crippen LogP contribution in [0.2, 0.25) is 0 Å². The molecule has 3 rings (SSSR count). The Morgan fingerprint density at radius 2 is 2.39 bits per heavy atom. The molecule has 0 aliphatic carbocycles. The highest BCUT2D eigenvalue weighted by Gasteiger charge is 2.24. The van der Waals surface area contributed by atoms with E-state index in [9.17, 15) is 0 Å². The van der Waals surface area contributed by atoms with Gasteiger partial charge in [-0.2, -0.15) is 4.98 Å². The van der Waals surface area contributed by atoms with Crippen LogP contribution in [0.15, 0.2) is 4.52 Å². The summed E-state index contributed by atoms with van der Waals surface area (Å²) in [5.41, 5.74) is 0. The molecule has 2 fully saturated rings. The van der Waals surface area contributed by atoms with Gasteiger partial charge in [0.2, 0.25) is 5.89 Å². The number of nitrogens with one attached hydrogen (secondary N) is 1. The van der Waals surface area contributed by atoms with E-state index in [0.29, 0.717) is 11.8 Å². The quantitative estimate of drug-likeness (QED) is 0.868. The van der Waals surface area contributed by atoms with Crippen molar-refractivity contribution in [2.45, 2.75) is 31.6 Å². The second-order valence-electron chi connectivity index (χ2n) is 5.71. The van der Waals surface area contributed by atoms with Gasteiger partial charge in [0, 0.05) is 25.4 Å². The van der Waals surface area contributed by atoms with Crippen LogP contribution in [0.5, 0.6) is 0 Å². The molecule has 0 spiro atoms. The van der Waals surface area contributed by atoms with Gasteiger partial charge in [0.05, 0.1) is 0 Å². The smallest absolute Gasteiger partial charge is 0.226 e. The highest BCUT2D eigenvalue weighted by Crippen LogP contribution is 2.22. The van der Waals surface area contributed by atoms with Crippen molar-refractivity contribution in [2.75, 3.05) is 33.2 Å². The average Bonchev–Trinajstić information content (AvgIpc) is 2.98.